The summed E-state index contributed by atoms with van der Waals surface area (Å²) in [4.78, 5) is 0. The predicted octanol–water partition coefficient (Wildman–Crippen LogP) is 4.64. The number of phenolic OH excluding ortho intramolecular Hbond substituents is 1. The lowest BCUT2D eigenvalue weighted by Crippen LogP contribution is -1.96. The van der Waals surface area contributed by atoms with Crippen molar-refractivity contribution in [2.24, 2.45) is 0 Å². The number of aryl methyl sites for hydroxylation is 3. The number of benzene rings is 1. The Hall–Kier alpha value is -0.980. The molecule has 0 radical (unpaired) electrons. The molecule has 0 fully saturated rings. The third kappa shape index (κ3) is 4.07. The van der Waals surface area contributed by atoms with E-state index in [1.165, 1.54) is 18.4 Å². The van der Waals surface area contributed by atoms with Crippen molar-refractivity contribution >= 4 is 0 Å². The lowest BCUT2D eigenvalue weighted by Gasteiger charge is -2.12. The van der Waals surface area contributed by atoms with Crippen LogP contribution in [-0.4, -0.2) is 5.11 Å². The van der Waals surface area contributed by atoms with Gasteiger partial charge in [-0.3, -0.25) is 0 Å². The Morgan fingerprint density at radius 1 is 0.824 bits per heavy atom. The van der Waals surface area contributed by atoms with Crippen molar-refractivity contribution in [3.05, 3.63) is 28.8 Å². The van der Waals surface area contributed by atoms with Crippen molar-refractivity contribution in [3.8, 4) is 5.75 Å². The van der Waals surface area contributed by atoms with Gasteiger partial charge in [-0.05, 0) is 42.4 Å². The van der Waals surface area contributed by atoms with E-state index in [0.29, 0.717) is 5.75 Å². The molecule has 0 saturated heterocycles. The van der Waals surface area contributed by atoms with Gasteiger partial charge in [0.05, 0.1) is 0 Å². The highest BCUT2D eigenvalue weighted by Gasteiger charge is 2.08. The lowest BCUT2D eigenvalue weighted by atomic mass is 9.96. The van der Waals surface area contributed by atoms with Crippen LogP contribution in [0, 0.1) is 0 Å². The molecule has 0 spiro atoms. The van der Waals surface area contributed by atoms with E-state index in [1.807, 2.05) is 0 Å². The van der Waals surface area contributed by atoms with Gasteiger partial charge in [0, 0.05) is 0 Å². The minimum atomic E-state index is 0.550. The molecule has 0 amide bonds. The number of unbranched alkanes of at least 4 members (excludes halogenated alkanes) is 1. The highest BCUT2D eigenvalue weighted by molar-refractivity contribution is 5.44. The third-order valence-electron chi connectivity index (χ3n) is 3.19. The Morgan fingerprint density at radius 3 is 1.76 bits per heavy atom. The summed E-state index contributed by atoms with van der Waals surface area (Å²) in [7, 11) is 0. The lowest BCUT2D eigenvalue weighted by molar-refractivity contribution is 0.459. The quantitative estimate of drug-likeness (QED) is 0.728. The van der Waals surface area contributed by atoms with Crippen LogP contribution < -0.4 is 0 Å². The largest absolute Gasteiger partial charge is 0.507 e. The molecule has 96 valence electrons. The van der Waals surface area contributed by atoms with Crippen LogP contribution in [0.3, 0.4) is 0 Å². The molecule has 0 saturated carbocycles. The fraction of sp³-hybridized carbons (Fsp3) is 0.625. The summed E-state index contributed by atoms with van der Waals surface area (Å²) in [6, 6.07) is 4.40. The molecule has 1 nitrogen and oxygen atoms in total. The highest BCUT2D eigenvalue weighted by atomic mass is 16.3. The van der Waals surface area contributed by atoms with Gasteiger partial charge in [-0.25, -0.2) is 0 Å². The fourth-order valence-corrected chi connectivity index (χ4v) is 2.28. The number of phenols is 1. The van der Waals surface area contributed by atoms with Gasteiger partial charge < -0.3 is 5.11 Å². The molecule has 1 aromatic rings. The first-order valence-electron chi connectivity index (χ1n) is 7.06. The fourth-order valence-electron chi connectivity index (χ4n) is 2.28. The van der Waals surface area contributed by atoms with Crippen molar-refractivity contribution in [2.45, 2.75) is 65.7 Å². The SMILES string of the molecule is CCCCc1cc(CCC)c(O)c(CCC)c1. The van der Waals surface area contributed by atoms with Crippen LogP contribution in [0.15, 0.2) is 12.1 Å². The van der Waals surface area contributed by atoms with E-state index in [0.717, 1.165) is 43.2 Å². The maximum absolute atomic E-state index is 10.2. The standard InChI is InChI=1S/C16H26O/c1-4-7-10-13-11-14(8-5-2)16(17)15(12-13)9-6-3/h11-12,17H,4-10H2,1-3H3. The minimum absolute atomic E-state index is 0.550. The molecular weight excluding hydrogens is 208 g/mol. The summed E-state index contributed by atoms with van der Waals surface area (Å²) in [6.45, 7) is 6.55. The van der Waals surface area contributed by atoms with E-state index in [1.54, 1.807) is 0 Å². The van der Waals surface area contributed by atoms with E-state index in [-0.39, 0.29) is 0 Å². The molecule has 1 aromatic carbocycles. The van der Waals surface area contributed by atoms with Gasteiger partial charge in [-0.2, -0.15) is 0 Å². The first-order valence-corrected chi connectivity index (χ1v) is 7.06. The van der Waals surface area contributed by atoms with Crippen LogP contribution in [0.25, 0.3) is 0 Å². The molecule has 0 bridgehead atoms. The van der Waals surface area contributed by atoms with Crippen molar-refractivity contribution in [2.75, 3.05) is 0 Å². The van der Waals surface area contributed by atoms with Gasteiger partial charge in [-0.1, -0.05) is 52.2 Å². The first kappa shape index (κ1) is 14.1. The zero-order valence-electron chi connectivity index (χ0n) is 11.6. The van der Waals surface area contributed by atoms with E-state index < -0.39 is 0 Å². The summed E-state index contributed by atoms with van der Waals surface area (Å²) >= 11 is 0. The van der Waals surface area contributed by atoms with E-state index in [9.17, 15) is 5.11 Å². The molecule has 0 unspecified atom stereocenters. The topological polar surface area (TPSA) is 20.2 Å². The second-order valence-corrected chi connectivity index (χ2v) is 4.87. The Kier molecular flexibility index (Phi) is 6.10. The Morgan fingerprint density at radius 2 is 1.35 bits per heavy atom. The summed E-state index contributed by atoms with van der Waals surface area (Å²) in [5.74, 6) is 0.550. The summed E-state index contributed by atoms with van der Waals surface area (Å²) < 4.78 is 0. The van der Waals surface area contributed by atoms with Crippen LogP contribution in [0.4, 0.5) is 0 Å². The molecule has 0 aliphatic rings. The van der Waals surface area contributed by atoms with E-state index >= 15 is 0 Å². The summed E-state index contributed by atoms with van der Waals surface area (Å²) in [5, 5.41) is 10.2. The molecule has 0 heterocycles. The van der Waals surface area contributed by atoms with Gasteiger partial charge in [0.1, 0.15) is 5.75 Å². The third-order valence-corrected chi connectivity index (χ3v) is 3.19. The van der Waals surface area contributed by atoms with E-state index in [4.69, 9.17) is 0 Å². The first-order chi connectivity index (χ1) is 8.22. The second kappa shape index (κ2) is 7.37. The van der Waals surface area contributed by atoms with Crippen molar-refractivity contribution in [1.82, 2.24) is 0 Å². The van der Waals surface area contributed by atoms with Crippen molar-refractivity contribution in [1.29, 1.82) is 0 Å². The molecule has 1 rings (SSSR count). The van der Waals surface area contributed by atoms with Crippen LogP contribution in [0.1, 0.15) is 63.1 Å². The average Bonchev–Trinajstić information content (AvgIpc) is 2.32. The number of aromatic hydroxyl groups is 1. The maximum Gasteiger partial charge on any atom is 0.121 e. The molecule has 17 heavy (non-hydrogen) atoms. The highest BCUT2D eigenvalue weighted by Crippen LogP contribution is 2.27. The number of hydrogen-bond acceptors (Lipinski definition) is 1. The van der Waals surface area contributed by atoms with Crippen LogP contribution in [0.5, 0.6) is 5.75 Å². The van der Waals surface area contributed by atoms with Gasteiger partial charge in [-0.15, -0.1) is 0 Å². The Bertz CT molecular complexity index is 314. The smallest absolute Gasteiger partial charge is 0.121 e. The van der Waals surface area contributed by atoms with Crippen LogP contribution in [-0.2, 0) is 19.3 Å². The molecule has 0 aromatic heterocycles. The van der Waals surface area contributed by atoms with Gasteiger partial charge >= 0.3 is 0 Å². The summed E-state index contributed by atoms with van der Waals surface area (Å²) in [5.41, 5.74) is 3.69. The zero-order valence-corrected chi connectivity index (χ0v) is 11.6. The van der Waals surface area contributed by atoms with Crippen molar-refractivity contribution in [3.63, 3.8) is 0 Å². The van der Waals surface area contributed by atoms with Gasteiger partial charge in [0.15, 0.2) is 0 Å². The van der Waals surface area contributed by atoms with Crippen LogP contribution >= 0.6 is 0 Å². The molecule has 1 N–H and O–H groups in total. The molecule has 0 aliphatic carbocycles. The summed E-state index contributed by atoms with van der Waals surface area (Å²) in [6.07, 6.45) is 7.77. The molecule has 0 atom stereocenters. The Balaban J connectivity index is 2.98. The molecule has 1 heteroatoms. The minimum Gasteiger partial charge on any atom is -0.507 e. The predicted molar refractivity (Wildman–Crippen MR) is 74.7 cm³/mol. The van der Waals surface area contributed by atoms with Crippen molar-refractivity contribution < 1.29 is 5.11 Å². The second-order valence-electron chi connectivity index (χ2n) is 4.87. The maximum atomic E-state index is 10.2. The zero-order chi connectivity index (χ0) is 12.7. The number of rotatable bonds is 7. The monoisotopic (exact) mass is 234 g/mol. The number of hydrogen-bond donors (Lipinski definition) is 1. The van der Waals surface area contributed by atoms with Crippen LogP contribution in [0.2, 0.25) is 0 Å². The van der Waals surface area contributed by atoms with Gasteiger partial charge in [0.25, 0.3) is 0 Å². The van der Waals surface area contributed by atoms with Gasteiger partial charge in [0.2, 0.25) is 0 Å². The normalized spacial score (nSPS) is 10.8. The average molecular weight is 234 g/mol. The molecule has 0 aliphatic heterocycles. The Labute approximate surface area is 106 Å². The van der Waals surface area contributed by atoms with E-state index in [2.05, 4.69) is 32.9 Å². The molecular formula is C16H26O.